The summed E-state index contributed by atoms with van der Waals surface area (Å²) in [6.07, 6.45) is 2.26. The number of rotatable bonds is 5. The summed E-state index contributed by atoms with van der Waals surface area (Å²) in [5, 5.41) is 3.68. The minimum Gasteiger partial charge on any atom is -0.492 e. The summed E-state index contributed by atoms with van der Waals surface area (Å²) >= 11 is 0. The zero-order chi connectivity index (χ0) is 14.7. The zero-order valence-electron chi connectivity index (χ0n) is 12.8. The number of benzene rings is 2. The second-order valence-corrected chi connectivity index (χ2v) is 6.07. The average molecular weight is 281 g/mol. The predicted molar refractivity (Wildman–Crippen MR) is 86.9 cm³/mol. The molecule has 0 spiro atoms. The van der Waals surface area contributed by atoms with Gasteiger partial charge in [-0.25, -0.2) is 0 Å². The van der Waals surface area contributed by atoms with Gasteiger partial charge in [0.2, 0.25) is 0 Å². The van der Waals surface area contributed by atoms with Crippen LogP contribution >= 0.6 is 0 Å². The molecule has 1 N–H and O–H groups in total. The smallest absolute Gasteiger partial charge is 0.119 e. The normalized spacial score (nSPS) is 15.7. The lowest BCUT2D eigenvalue weighted by Crippen LogP contribution is -2.40. The molecular weight excluding hydrogens is 258 g/mol. The van der Waals surface area contributed by atoms with Crippen molar-refractivity contribution in [3.8, 4) is 5.75 Å². The first-order chi connectivity index (χ1) is 10.2. The Morgan fingerprint density at radius 3 is 2.29 bits per heavy atom. The van der Waals surface area contributed by atoms with Crippen LogP contribution in [0.4, 0.5) is 0 Å². The third-order valence-electron chi connectivity index (χ3n) is 4.09. The molecule has 2 aromatic rings. The van der Waals surface area contributed by atoms with Gasteiger partial charge < -0.3 is 10.1 Å². The highest BCUT2D eigenvalue weighted by Gasteiger charge is 2.21. The van der Waals surface area contributed by atoms with Crippen LogP contribution in [0.3, 0.4) is 0 Å². The Labute approximate surface area is 127 Å². The molecule has 2 aromatic carbocycles. The van der Waals surface area contributed by atoms with Crippen LogP contribution in [0, 0.1) is 6.92 Å². The molecule has 0 heterocycles. The zero-order valence-corrected chi connectivity index (χ0v) is 12.8. The average Bonchev–Trinajstić information content (AvgIpc) is 2.88. The molecule has 1 aliphatic rings. The first kappa shape index (κ1) is 14.2. The molecule has 0 amide bonds. The third-order valence-corrected chi connectivity index (χ3v) is 4.09. The van der Waals surface area contributed by atoms with Crippen molar-refractivity contribution in [2.24, 2.45) is 0 Å². The summed E-state index contributed by atoms with van der Waals surface area (Å²) in [7, 11) is 0. The summed E-state index contributed by atoms with van der Waals surface area (Å²) in [5.41, 5.74) is 4.24. The van der Waals surface area contributed by atoms with Gasteiger partial charge in [0.05, 0.1) is 0 Å². The predicted octanol–water partition coefficient (Wildman–Crippen LogP) is 3.52. The van der Waals surface area contributed by atoms with E-state index in [-0.39, 0.29) is 0 Å². The van der Waals surface area contributed by atoms with E-state index in [1.165, 1.54) is 16.7 Å². The van der Waals surface area contributed by atoms with E-state index >= 15 is 0 Å². The Bertz CT molecular complexity index is 566. The summed E-state index contributed by atoms with van der Waals surface area (Å²) in [6, 6.07) is 17.9. The van der Waals surface area contributed by atoms with Crippen LogP contribution in [-0.4, -0.2) is 18.7 Å². The van der Waals surface area contributed by atoms with Gasteiger partial charge in [-0.3, -0.25) is 0 Å². The molecule has 21 heavy (non-hydrogen) atoms. The van der Waals surface area contributed by atoms with Crippen LogP contribution in [0.25, 0.3) is 0 Å². The molecule has 3 rings (SSSR count). The van der Waals surface area contributed by atoms with Crippen LogP contribution < -0.4 is 10.1 Å². The molecule has 1 unspecified atom stereocenters. The molecule has 0 radical (unpaired) electrons. The molecule has 2 heteroatoms. The van der Waals surface area contributed by atoms with E-state index < -0.39 is 0 Å². The fraction of sp³-hybridized carbons (Fsp3) is 0.368. The van der Waals surface area contributed by atoms with Crippen molar-refractivity contribution in [3.05, 3.63) is 65.2 Å². The summed E-state index contributed by atoms with van der Waals surface area (Å²) in [5.74, 6) is 0.948. The van der Waals surface area contributed by atoms with Crippen molar-refractivity contribution >= 4 is 0 Å². The summed E-state index contributed by atoms with van der Waals surface area (Å²) in [6.45, 7) is 4.98. The van der Waals surface area contributed by atoms with Crippen molar-refractivity contribution in [1.29, 1.82) is 0 Å². The van der Waals surface area contributed by atoms with E-state index in [2.05, 4.69) is 55.6 Å². The van der Waals surface area contributed by atoms with Gasteiger partial charge in [0.1, 0.15) is 12.4 Å². The van der Waals surface area contributed by atoms with Gasteiger partial charge >= 0.3 is 0 Å². The fourth-order valence-electron chi connectivity index (χ4n) is 2.98. The van der Waals surface area contributed by atoms with Crippen LogP contribution in [0.15, 0.2) is 48.5 Å². The van der Waals surface area contributed by atoms with E-state index in [0.717, 1.165) is 18.6 Å². The SMILES string of the molecule is Cc1ccc(OCC(C)NC2Cc3ccccc3C2)cc1. The van der Waals surface area contributed by atoms with Crippen LogP contribution in [0.5, 0.6) is 5.75 Å². The van der Waals surface area contributed by atoms with Gasteiger partial charge in [0.25, 0.3) is 0 Å². The molecule has 0 aromatic heterocycles. The summed E-state index contributed by atoms with van der Waals surface area (Å²) < 4.78 is 5.85. The minimum absolute atomic E-state index is 0.352. The first-order valence-corrected chi connectivity index (χ1v) is 7.73. The van der Waals surface area contributed by atoms with E-state index in [0.29, 0.717) is 18.7 Å². The monoisotopic (exact) mass is 281 g/mol. The van der Waals surface area contributed by atoms with Crippen molar-refractivity contribution < 1.29 is 4.74 Å². The topological polar surface area (TPSA) is 21.3 Å². The maximum absolute atomic E-state index is 5.85. The molecule has 0 bridgehead atoms. The number of hydrogen-bond acceptors (Lipinski definition) is 2. The Morgan fingerprint density at radius 1 is 1.05 bits per heavy atom. The number of nitrogens with one attached hydrogen (secondary N) is 1. The molecular formula is C19H23NO. The standard InChI is InChI=1S/C19H23NO/c1-14-7-9-19(10-8-14)21-13-15(2)20-18-11-16-5-3-4-6-17(16)12-18/h3-10,15,18,20H,11-13H2,1-2H3. The molecule has 1 aliphatic carbocycles. The molecule has 110 valence electrons. The van der Waals surface area contributed by atoms with Crippen molar-refractivity contribution in [2.45, 2.75) is 38.8 Å². The third kappa shape index (κ3) is 3.64. The van der Waals surface area contributed by atoms with E-state index in [9.17, 15) is 0 Å². The highest BCUT2D eigenvalue weighted by Crippen LogP contribution is 2.22. The van der Waals surface area contributed by atoms with Gasteiger partial charge in [-0.05, 0) is 49.9 Å². The Kier molecular flexibility index (Phi) is 4.26. The Hall–Kier alpha value is -1.80. The first-order valence-electron chi connectivity index (χ1n) is 7.73. The van der Waals surface area contributed by atoms with Gasteiger partial charge in [-0.2, -0.15) is 0 Å². The van der Waals surface area contributed by atoms with E-state index in [4.69, 9.17) is 4.74 Å². The Morgan fingerprint density at radius 2 is 1.67 bits per heavy atom. The van der Waals surface area contributed by atoms with Gasteiger partial charge in [0.15, 0.2) is 0 Å². The lowest BCUT2D eigenvalue weighted by Gasteiger charge is -2.19. The van der Waals surface area contributed by atoms with Crippen LogP contribution in [0.1, 0.15) is 23.6 Å². The highest BCUT2D eigenvalue weighted by molar-refractivity contribution is 5.33. The quantitative estimate of drug-likeness (QED) is 0.905. The van der Waals surface area contributed by atoms with Crippen LogP contribution in [-0.2, 0) is 12.8 Å². The minimum atomic E-state index is 0.352. The van der Waals surface area contributed by atoms with Crippen LogP contribution in [0.2, 0.25) is 0 Å². The molecule has 0 aliphatic heterocycles. The summed E-state index contributed by atoms with van der Waals surface area (Å²) in [4.78, 5) is 0. The van der Waals surface area contributed by atoms with Gasteiger partial charge in [-0.1, -0.05) is 42.0 Å². The molecule has 0 saturated carbocycles. The fourth-order valence-corrected chi connectivity index (χ4v) is 2.98. The molecule has 1 atom stereocenters. The van der Waals surface area contributed by atoms with Crippen molar-refractivity contribution in [2.75, 3.05) is 6.61 Å². The molecule has 0 saturated heterocycles. The van der Waals surface area contributed by atoms with E-state index in [1.54, 1.807) is 0 Å². The molecule has 0 fully saturated rings. The van der Waals surface area contributed by atoms with Crippen molar-refractivity contribution in [3.63, 3.8) is 0 Å². The number of hydrogen-bond donors (Lipinski definition) is 1. The lowest BCUT2D eigenvalue weighted by molar-refractivity contribution is 0.261. The highest BCUT2D eigenvalue weighted by atomic mass is 16.5. The van der Waals surface area contributed by atoms with Gasteiger partial charge in [-0.15, -0.1) is 0 Å². The van der Waals surface area contributed by atoms with Crippen molar-refractivity contribution in [1.82, 2.24) is 5.32 Å². The second-order valence-electron chi connectivity index (χ2n) is 6.07. The van der Waals surface area contributed by atoms with Gasteiger partial charge in [0, 0.05) is 12.1 Å². The number of ether oxygens (including phenoxy) is 1. The maximum Gasteiger partial charge on any atom is 0.119 e. The lowest BCUT2D eigenvalue weighted by atomic mass is 10.1. The number of aryl methyl sites for hydroxylation is 1. The largest absolute Gasteiger partial charge is 0.492 e. The second kappa shape index (κ2) is 6.31. The maximum atomic E-state index is 5.85. The Balaban J connectivity index is 1.47. The molecule has 2 nitrogen and oxygen atoms in total. The number of fused-ring (bicyclic) bond motifs is 1. The van der Waals surface area contributed by atoms with E-state index in [1.807, 2.05) is 12.1 Å².